The molecule has 0 unspecified atom stereocenters. The van der Waals surface area contributed by atoms with Crippen molar-refractivity contribution in [2.45, 2.75) is 59.9 Å². The molecule has 0 aliphatic carbocycles. The normalized spacial score (nSPS) is 16.1. The quantitative estimate of drug-likeness (QED) is 0.377. The van der Waals surface area contributed by atoms with Crippen LogP contribution >= 0.6 is 0 Å². The molecule has 0 amide bonds. The zero-order valence-electron chi connectivity index (χ0n) is 21.7. The van der Waals surface area contributed by atoms with Crippen molar-refractivity contribution in [3.63, 3.8) is 0 Å². The Morgan fingerprint density at radius 3 is 2.28 bits per heavy atom. The number of hydrogen-bond donors (Lipinski definition) is 2. The van der Waals surface area contributed by atoms with E-state index in [0.717, 1.165) is 43.6 Å². The van der Waals surface area contributed by atoms with E-state index in [1.54, 1.807) is 6.07 Å². The molecule has 3 aromatic rings. The van der Waals surface area contributed by atoms with E-state index in [2.05, 4.69) is 54.9 Å². The minimum absolute atomic E-state index is 0.243. The van der Waals surface area contributed by atoms with Gasteiger partial charge in [-0.25, -0.2) is 0 Å². The van der Waals surface area contributed by atoms with Crippen LogP contribution in [0.25, 0.3) is 22.8 Å². The van der Waals surface area contributed by atoms with Crippen molar-refractivity contribution in [3.05, 3.63) is 53.6 Å². The fraction of sp³-hybridized carbons (Fsp3) is 0.483. The van der Waals surface area contributed by atoms with Gasteiger partial charge in [-0.2, -0.15) is 4.98 Å². The van der Waals surface area contributed by atoms with Gasteiger partial charge in [-0.15, -0.1) is 0 Å². The Hall–Kier alpha value is -3.19. The third-order valence-electron chi connectivity index (χ3n) is 7.07. The van der Waals surface area contributed by atoms with Crippen molar-refractivity contribution in [2.75, 3.05) is 13.1 Å². The molecule has 4 rings (SSSR count). The smallest absolute Gasteiger partial charge is 0.309 e. The van der Waals surface area contributed by atoms with E-state index in [9.17, 15) is 15.0 Å². The second kappa shape index (κ2) is 10.8. The van der Waals surface area contributed by atoms with Crippen molar-refractivity contribution in [2.24, 2.45) is 17.3 Å². The molecule has 7 nitrogen and oxygen atoms in total. The molecule has 0 saturated carbocycles. The number of phenols is 1. The monoisotopic (exact) mass is 491 g/mol. The van der Waals surface area contributed by atoms with Crippen molar-refractivity contribution in [3.8, 4) is 28.6 Å². The maximum Gasteiger partial charge on any atom is 0.309 e. The molecule has 36 heavy (non-hydrogen) atoms. The predicted molar refractivity (Wildman–Crippen MR) is 139 cm³/mol. The summed E-state index contributed by atoms with van der Waals surface area (Å²) in [5.41, 5.74) is 3.03. The number of carboxylic acids is 1. The number of hydrogen-bond acceptors (Lipinski definition) is 6. The summed E-state index contributed by atoms with van der Waals surface area (Å²) in [6.07, 6.45) is 2.93. The summed E-state index contributed by atoms with van der Waals surface area (Å²) in [5.74, 6) is 1.30. The van der Waals surface area contributed by atoms with Gasteiger partial charge >= 0.3 is 5.97 Å². The first kappa shape index (κ1) is 25.9. The topological polar surface area (TPSA) is 99.7 Å². The number of carboxylic acid groups (broad SMARTS) is 1. The Morgan fingerprint density at radius 1 is 1.03 bits per heavy atom. The summed E-state index contributed by atoms with van der Waals surface area (Å²) in [6, 6.07) is 13.6. The van der Waals surface area contributed by atoms with E-state index < -0.39 is 11.4 Å². The second-order valence-corrected chi connectivity index (χ2v) is 11.0. The van der Waals surface area contributed by atoms with Crippen LogP contribution in [0.3, 0.4) is 0 Å². The Bertz CT molecular complexity index is 1180. The number of nitrogens with zero attached hydrogens (tertiary/aromatic N) is 3. The van der Waals surface area contributed by atoms with Crippen LogP contribution in [0, 0.1) is 17.3 Å². The highest BCUT2D eigenvalue weighted by atomic mass is 16.5. The molecule has 1 aliphatic rings. The highest BCUT2D eigenvalue weighted by molar-refractivity contribution is 5.74. The average molecular weight is 492 g/mol. The van der Waals surface area contributed by atoms with Crippen molar-refractivity contribution in [1.29, 1.82) is 0 Å². The first-order valence-corrected chi connectivity index (χ1v) is 12.9. The molecule has 2 N–H and O–H groups in total. The Kier molecular flexibility index (Phi) is 7.79. The fourth-order valence-electron chi connectivity index (χ4n) is 5.21. The third kappa shape index (κ3) is 5.95. The number of benzene rings is 2. The largest absolute Gasteiger partial charge is 0.508 e. The number of aromatic hydroxyl groups is 1. The number of phenolic OH excluding ortho intramolecular Hbond substituents is 1. The van der Waals surface area contributed by atoms with Gasteiger partial charge in [-0.3, -0.25) is 9.69 Å². The number of aromatic nitrogens is 2. The van der Waals surface area contributed by atoms with Gasteiger partial charge < -0.3 is 14.7 Å². The molecular weight excluding hydrogens is 454 g/mol. The van der Waals surface area contributed by atoms with E-state index in [1.807, 2.05) is 24.3 Å². The first-order chi connectivity index (χ1) is 17.1. The molecular formula is C29H37N3O4. The number of rotatable bonds is 9. The predicted octanol–water partition coefficient (Wildman–Crippen LogP) is 6.02. The summed E-state index contributed by atoms with van der Waals surface area (Å²) < 4.78 is 5.47. The molecule has 0 spiro atoms. The standard InChI is InChI=1S/C29H37N3O4/c1-19(2)15-23-9-10-24(16-25(23)33)27-30-26(31-36-27)22-7-5-21(6-8-22)18-32-13-11-29(12-14-32,28(34)35)17-20(3)4/h5-10,16,19-20,33H,11-15,17-18H2,1-4H3,(H,34,35). The highest BCUT2D eigenvalue weighted by Crippen LogP contribution is 2.38. The van der Waals surface area contributed by atoms with E-state index in [1.165, 1.54) is 5.56 Å². The molecule has 1 fully saturated rings. The van der Waals surface area contributed by atoms with Crippen LogP contribution in [-0.2, 0) is 17.8 Å². The summed E-state index contributed by atoms with van der Waals surface area (Å²) in [5, 5.41) is 24.3. The minimum Gasteiger partial charge on any atom is -0.508 e. The Labute approximate surface area is 213 Å². The summed E-state index contributed by atoms with van der Waals surface area (Å²) in [7, 11) is 0. The molecule has 1 aliphatic heterocycles. The number of likely N-dealkylation sites (tertiary alicyclic amines) is 1. The van der Waals surface area contributed by atoms with Crippen LogP contribution < -0.4 is 0 Å². The Balaban J connectivity index is 1.38. The lowest BCUT2D eigenvalue weighted by molar-refractivity contribution is -0.153. The average Bonchev–Trinajstić information content (AvgIpc) is 3.32. The Morgan fingerprint density at radius 2 is 1.69 bits per heavy atom. The molecule has 0 atom stereocenters. The summed E-state index contributed by atoms with van der Waals surface area (Å²) in [6.45, 7) is 10.8. The molecule has 0 radical (unpaired) electrons. The molecule has 0 bridgehead atoms. The van der Waals surface area contributed by atoms with Crippen LogP contribution in [0.2, 0.25) is 0 Å². The molecule has 2 heterocycles. The number of carbonyl (C=O) groups is 1. The van der Waals surface area contributed by atoms with E-state index >= 15 is 0 Å². The van der Waals surface area contributed by atoms with E-state index in [0.29, 0.717) is 42.0 Å². The third-order valence-corrected chi connectivity index (χ3v) is 7.07. The van der Waals surface area contributed by atoms with Gasteiger partial charge in [0.15, 0.2) is 0 Å². The van der Waals surface area contributed by atoms with Gasteiger partial charge in [0.1, 0.15) is 5.75 Å². The molecule has 1 aromatic heterocycles. The molecule has 2 aromatic carbocycles. The fourth-order valence-corrected chi connectivity index (χ4v) is 5.21. The number of aliphatic carboxylic acids is 1. The van der Waals surface area contributed by atoms with Gasteiger partial charge in [-0.05, 0) is 73.9 Å². The minimum atomic E-state index is -0.651. The lowest BCUT2D eigenvalue weighted by Gasteiger charge is -2.40. The van der Waals surface area contributed by atoms with Crippen molar-refractivity contribution < 1.29 is 19.5 Å². The summed E-state index contributed by atoms with van der Waals surface area (Å²) in [4.78, 5) is 18.8. The highest BCUT2D eigenvalue weighted by Gasteiger charge is 2.41. The lowest BCUT2D eigenvalue weighted by Crippen LogP contribution is -2.44. The van der Waals surface area contributed by atoms with Gasteiger partial charge in [-0.1, -0.05) is 63.2 Å². The zero-order chi connectivity index (χ0) is 25.9. The first-order valence-electron chi connectivity index (χ1n) is 12.9. The lowest BCUT2D eigenvalue weighted by atomic mass is 9.72. The van der Waals surface area contributed by atoms with E-state index in [-0.39, 0.29) is 5.75 Å². The van der Waals surface area contributed by atoms with Crippen LogP contribution in [-0.4, -0.2) is 44.3 Å². The molecule has 1 saturated heterocycles. The molecule has 7 heteroatoms. The van der Waals surface area contributed by atoms with Gasteiger partial charge in [0.2, 0.25) is 5.82 Å². The van der Waals surface area contributed by atoms with Gasteiger partial charge in [0.25, 0.3) is 5.89 Å². The maximum absolute atomic E-state index is 12.0. The van der Waals surface area contributed by atoms with Crippen LogP contribution in [0.5, 0.6) is 5.75 Å². The van der Waals surface area contributed by atoms with Crippen LogP contribution in [0.15, 0.2) is 47.0 Å². The van der Waals surface area contributed by atoms with E-state index in [4.69, 9.17) is 4.52 Å². The van der Waals surface area contributed by atoms with Crippen LogP contribution in [0.1, 0.15) is 58.1 Å². The van der Waals surface area contributed by atoms with Crippen molar-refractivity contribution >= 4 is 5.97 Å². The van der Waals surface area contributed by atoms with Crippen LogP contribution in [0.4, 0.5) is 0 Å². The SMILES string of the molecule is CC(C)Cc1ccc(-c2nc(-c3ccc(CN4CCC(CC(C)C)(C(=O)O)CC4)cc3)no2)cc1O. The molecule has 192 valence electrons. The number of piperidine rings is 1. The van der Waals surface area contributed by atoms with Crippen molar-refractivity contribution in [1.82, 2.24) is 15.0 Å². The zero-order valence-corrected chi connectivity index (χ0v) is 21.7. The van der Waals surface area contributed by atoms with Gasteiger partial charge in [0, 0.05) is 17.7 Å². The maximum atomic E-state index is 12.0. The second-order valence-electron chi connectivity index (χ2n) is 11.0. The summed E-state index contributed by atoms with van der Waals surface area (Å²) >= 11 is 0. The van der Waals surface area contributed by atoms with Gasteiger partial charge in [0.05, 0.1) is 5.41 Å².